The van der Waals surface area contributed by atoms with Gasteiger partial charge in [-0.15, -0.1) is 5.10 Å². The fraction of sp³-hybridized carbons (Fsp3) is 0.111. The van der Waals surface area contributed by atoms with Crippen molar-refractivity contribution in [3.05, 3.63) is 64.5 Å². The molecule has 0 radical (unpaired) electrons. The van der Waals surface area contributed by atoms with Crippen LogP contribution >= 0.6 is 15.9 Å². The number of amides is 3. The molecular weight excluding hydrogens is 428 g/mol. The minimum absolute atomic E-state index is 0.223. The summed E-state index contributed by atoms with van der Waals surface area (Å²) in [5.74, 6) is -0.983. The van der Waals surface area contributed by atoms with E-state index in [2.05, 4.69) is 36.3 Å². The van der Waals surface area contributed by atoms with E-state index >= 15 is 0 Å². The van der Waals surface area contributed by atoms with Crippen molar-refractivity contribution in [2.45, 2.75) is 13.0 Å². The first-order valence-electron chi connectivity index (χ1n) is 8.27. The van der Waals surface area contributed by atoms with Gasteiger partial charge in [-0.3, -0.25) is 19.3 Å². The Morgan fingerprint density at radius 3 is 2.29 bits per heavy atom. The molecule has 140 valence electrons. The second kappa shape index (κ2) is 6.97. The molecule has 10 heteroatoms. The number of halogens is 1. The Bertz CT molecular complexity index is 1060. The number of carbonyl (C=O) groups excluding carboxylic acids is 3. The second-order valence-corrected chi connectivity index (χ2v) is 6.86. The monoisotopic (exact) mass is 440 g/mol. The SMILES string of the molecule is C[C@H](C(=O)Nc1nn(-c2ncccn2)cc1Br)N1C(=O)c2ccccc2C1=O. The highest BCUT2D eigenvalue weighted by Gasteiger charge is 2.40. The van der Waals surface area contributed by atoms with E-state index in [4.69, 9.17) is 0 Å². The maximum atomic E-state index is 12.7. The molecule has 3 heterocycles. The number of rotatable bonds is 4. The Kier molecular flexibility index (Phi) is 4.47. The molecule has 1 aromatic carbocycles. The molecule has 9 nitrogen and oxygen atoms in total. The third-order valence-electron chi connectivity index (χ3n) is 4.26. The van der Waals surface area contributed by atoms with Gasteiger partial charge in [0, 0.05) is 12.4 Å². The summed E-state index contributed by atoms with van der Waals surface area (Å²) in [6.07, 6.45) is 4.73. The molecular formula is C18H13BrN6O3. The Balaban J connectivity index is 1.54. The Labute approximate surface area is 167 Å². The number of carbonyl (C=O) groups is 3. The molecule has 1 atom stereocenters. The van der Waals surface area contributed by atoms with Crippen molar-refractivity contribution < 1.29 is 14.4 Å². The van der Waals surface area contributed by atoms with Crippen LogP contribution in [0.5, 0.6) is 0 Å². The molecule has 3 aromatic rings. The molecule has 2 aromatic heterocycles. The van der Waals surface area contributed by atoms with Gasteiger partial charge in [-0.05, 0) is 41.1 Å². The van der Waals surface area contributed by atoms with E-state index in [9.17, 15) is 14.4 Å². The summed E-state index contributed by atoms with van der Waals surface area (Å²) in [5.41, 5.74) is 0.581. The normalized spacial score (nSPS) is 14.1. The number of imide groups is 1. The quantitative estimate of drug-likeness (QED) is 0.621. The van der Waals surface area contributed by atoms with Gasteiger partial charge < -0.3 is 5.32 Å². The summed E-state index contributed by atoms with van der Waals surface area (Å²) < 4.78 is 1.90. The van der Waals surface area contributed by atoms with Gasteiger partial charge in [-0.25, -0.2) is 14.6 Å². The smallest absolute Gasteiger partial charge is 0.262 e. The fourth-order valence-electron chi connectivity index (χ4n) is 2.85. The summed E-state index contributed by atoms with van der Waals surface area (Å²) in [6.45, 7) is 1.49. The van der Waals surface area contributed by atoms with E-state index in [1.54, 1.807) is 48.9 Å². The van der Waals surface area contributed by atoms with Gasteiger partial charge in [0.2, 0.25) is 5.91 Å². The lowest BCUT2D eigenvalue weighted by atomic mass is 10.1. The first kappa shape index (κ1) is 18.0. The molecule has 0 fully saturated rings. The zero-order valence-corrected chi connectivity index (χ0v) is 16.1. The van der Waals surface area contributed by atoms with Crippen LogP contribution in [0.1, 0.15) is 27.6 Å². The van der Waals surface area contributed by atoms with Crippen LogP contribution in [0.2, 0.25) is 0 Å². The lowest BCUT2D eigenvalue weighted by molar-refractivity contribution is -0.119. The van der Waals surface area contributed by atoms with Crippen molar-refractivity contribution >= 4 is 39.5 Å². The van der Waals surface area contributed by atoms with Crippen LogP contribution in [0.15, 0.2) is 53.4 Å². The second-order valence-electron chi connectivity index (χ2n) is 6.01. The number of hydrogen-bond acceptors (Lipinski definition) is 6. The average molecular weight is 441 g/mol. The number of anilines is 1. The van der Waals surface area contributed by atoms with Crippen molar-refractivity contribution in [2.24, 2.45) is 0 Å². The van der Waals surface area contributed by atoms with E-state index < -0.39 is 23.8 Å². The molecule has 28 heavy (non-hydrogen) atoms. The van der Waals surface area contributed by atoms with E-state index in [1.807, 2.05) is 0 Å². The van der Waals surface area contributed by atoms with Crippen LogP contribution in [-0.2, 0) is 4.79 Å². The van der Waals surface area contributed by atoms with Crippen LogP contribution in [0.4, 0.5) is 5.82 Å². The highest BCUT2D eigenvalue weighted by molar-refractivity contribution is 9.10. The highest BCUT2D eigenvalue weighted by atomic mass is 79.9. The third-order valence-corrected chi connectivity index (χ3v) is 4.84. The molecule has 0 aliphatic carbocycles. The summed E-state index contributed by atoms with van der Waals surface area (Å²) in [6, 6.07) is 7.14. The summed E-state index contributed by atoms with van der Waals surface area (Å²) >= 11 is 3.32. The number of nitrogens with one attached hydrogen (secondary N) is 1. The van der Waals surface area contributed by atoms with E-state index in [0.717, 1.165) is 4.90 Å². The number of hydrogen-bond donors (Lipinski definition) is 1. The number of aromatic nitrogens is 4. The molecule has 1 N–H and O–H groups in total. The van der Waals surface area contributed by atoms with Crippen molar-refractivity contribution in [2.75, 3.05) is 5.32 Å². The molecule has 1 aliphatic rings. The topological polar surface area (TPSA) is 110 Å². The Morgan fingerprint density at radius 1 is 1.07 bits per heavy atom. The largest absolute Gasteiger partial charge is 0.306 e. The predicted octanol–water partition coefficient (Wildman–Crippen LogP) is 2.05. The average Bonchev–Trinajstić information content (AvgIpc) is 3.20. The summed E-state index contributed by atoms with van der Waals surface area (Å²) in [4.78, 5) is 46.9. The number of nitrogens with zero attached hydrogens (tertiary/aromatic N) is 5. The molecule has 0 saturated carbocycles. The van der Waals surface area contributed by atoms with Gasteiger partial charge >= 0.3 is 0 Å². The number of fused-ring (bicyclic) bond motifs is 1. The zero-order valence-electron chi connectivity index (χ0n) is 14.5. The van der Waals surface area contributed by atoms with Crippen molar-refractivity contribution in [1.82, 2.24) is 24.6 Å². The first-order chi connectivity index (χ1) is 13.5. The van der Waals surface area contributed by atoms with Crippen LogP contribution in [0.3, 0.4) is 0 Å². The van der Waals surface area contributed by atoms with E-state index in [1.165, 1.54) is 11.6 Å². The molecule has 0 bridgehead atoms. The van der Waals surface area contributed by atoms with Crippen molar-refractivity contribution in [3.63, 3.8) is 0 Å². The number of benzene rings is 1. The first-order valence-corrected chi connectivity index (χ1v) is 9.07. The molecule has 0 unspecified atom stereocenters. The zero-order chi connectivity index (χ0) is 19.8. The maximum Gasteiger partial charge on any atom is 0.262 e. The lowest BCUT2D eigenvalue weighted by Gasteiger charge is -2.21. The van der Waals surface area contributed by atoms with Gasteiger partial charge in [0.25, 0.3) is 17.8 Å². The van der Waals surface area contributed by atoms with Crippen LogP contribution in [0.25, 0.3) is 5.95 Å². The minimum atomic E-state index is -1.02. The van der Waals surface area contributed by atoms with E-state index in [0.29, 0.717) is 21.5 Å². The Morgan fingerprint density at radius 2 is 1.68 bits per heavy atom. The van der Waals surface area contributed by atoms with Crippen molar-refractivity contribution in [1.29, 1.82) is 0 Å². The Hall–Kier alpha value is -3.40. The molecule has 0 saturated heterocycles. The van der Waals surface area contributed by atoms with Gasteiger partial charge in [-0.2, -0.15) is 0 Å². The molecule has 1 aliphatic heterocycles. The third kappa shape index (κ3) is 2.97. The highest BCUT2D eigenvalue weighted by Crippen LogP contribution is 2.26. The van der Waals surface area contributed by atoms with E-state index in [-0.39, 0.29) is 5.82 Å². The minimum Gasteiger partial charge on any atom is -0.306 e. The van der Waals surface area contributed by atoms with Gasteiger partial charge in [0.05, 0.1) is 21.8 Å². The maximum absolute atomic E-state index is 12.7. The van der Waals surface area contributed by atoms with Crippen LogP contribution < -0.4 is 5.32 Å². The van der Waals surface area contributed by atoms with Crippen molar-refractivity contribution in [3.8, 4) is 5.95 Å². The standard InChI is InChI=1S/C18H13BrN6O3/c1-10(25-16(27)11-5-2-3-6-12(11)17(25)28)15(26)22-14-13(19)9-24(23-14)18-20-7-4-8-21-18/h2-10H,1H3,(H,22,23,26)/t10-/m1/s1. The lowest BCUT2D eigenvalue weighted by Crippen LogP contribution is -2.45. The summed E-state index contributed by atoms with van der Waals surface area (Å²) in [5, 5.41) is 6.86. The van der Waals surface area contributed by atoms with Crippen LogP contribution in [-0.4, -0.2) is 48.4 Å². The van der Waals surface area contributed by atoms with Gasteiger partial charge in [0.1, 0.15) is 6.04 Å². The molecule has 4 rings (SSSR count). The van der Waals surface area contributed by atoms with Crippen LogP contribution in [0, 0.1) is 0 Å². The molecule has 0 spiro atoms. The molecule has 3 amide bonds. The van der Waals surface area contributed by atoms with Gasteiger partial charge in [0.15, 0.2) is 5.82 Å². The summed E-state index contributed by atoms with van der Waals surface area (Å²) in [7, 11) is 0. The predicted molar refractivity (Wildman–Crippen MR) is 102 cm³/mol. The van der Waals surface area contributed by atoms with Gasteiger partial charge in [-0.1, -0.05) is 12.1 Å². The fourth-order valence-corrected chi connectivity index (χ4v) is 3.22.